The molecule has 1 atom stereocenters. The fraction of sp³-hybridized carbons (Fsp3) is 0.450. The molecule has 1 aliphatic rings. The van der Waals surface area contributed by atoms with Crippen LogP contribution in [0.3, 0.4) is 0 Å². The Morgan fingerprint density at radius 3 is 2.75 bits per heavy atom. The summed E-state index contributed by atoms with van der Waals surface area (Å²) in [6.07, 6.45) is 5.30. The molecular formula is C20H26N4O2S2. The Balaban J connectivity index is 1.76. The summed E-state index contributed by atoms with van der Waals surface area (Å²) in [7, 11) is 2.15. The Kier molecular flexibility index (Phi) is 7.58. The Morgan fingerprint density at radius 2 is 2.11 bits per heavy atom. The van der Waals surface area contributed by atoms with Crippen molar-refractivity contribution in [2.45, 2.75) is 41.2 Å². The summed E-state index contributed by atoms with van der Waals surface area (Å²) in [5, 5.41) is 14.2. The standard InChI is InChI=1S/C20H26N4O2S2/c1-24-12-6-9-15(24)10-11-21-17-16(19(25)26)18(23-20(22-17)27-2)28-13-14-7-4-3-5-8-14/h3-5,7-8,15H,6,9-13H2,1-2H3,(H,25,26)(H,21,22,23). The Bertz CT molecular complexity index is 804. The van der Waals surface area contributed by atoms with Crippen LogP contribution in [0.25, 0.3) is 0 Å². The van der Waals surface area contributed by atoms with E-state index in [0.717, 1.165) is 18.5 Å². The third-order valence-corrected chi connectivity index (χ3v) is 6.51. The molecule has 1 aliphatic heterocycles. The van der Waals surface area contributed by atoms with E-state index in [1.807, 2.05) is 36.6 Å². The molecule has 0 spiro atoms. The fourth-order valence-electron chi connectivity index (χ4n) is 3.36. The van der Waals surface area contributed by atoms with Crippen molar-refractivity contribution in [2.24, 2.45) is 0 Å². The van der Waals surface area contributed by atoms with Crippen molar-refractivity contribution >= 4 is 35.3 Å². The SMILES string of the molecule is CSc1nc(NCCC2CCCN2C)c(C(=O)O)c(SCc2ccccc2)n1. The van der Waals surface area contributed by atoms with Crippen LogP contribution in [0.1, 0.15) is 35.2 Å². The van der Waals surface area contributed by atoms with Crippen LogP contribution < -0.4 is 5.32 Å². The largest absolute Gasteiger partial charge is 0.477 e. The molecule has 2 heterocycles. The van der Waals surface area contributed by atoms with Gasteiger partial charge in [0.05, 0.1) is 0 Å². The van der Waals surface area contributed by atoms with Crippen molar-refractivity contribution in [1.29, 1.82) is 0 Å². The van der Waals surface area contributed by atoms with E-state index in [9.17, 15) is 9.90 Å². The molecule has 1 aromatic heterocycles. The van der Waals surface area contributed by atoms with Gasteiger partial charge >= 0.3 is 5.97 Å². The highest BCUT2D eigenvalue weighted by Gasteiger charge is 2.23. The molecule has 2 N–H and O–H groups in total. The average molecular weight is 419 g/mol. The minimum atomic E-state index is -0.997. The lowest BCUT2D eigenvalue weighted by molar-refractivity contribution is 0.0692. The Labute approximate surface area is 174 Å². The van der Waals surface area contributed by atoms with Crippen LogP contribution in [0.15, 0.2) is 40.5 Å². The topological polar surface area (TPSA) is 78.4 Å². The predicted octanol–water partition coefficient (Wildman–Crippen LogP) is 4.09. The molecule has 6 nitrogen and oxygen atoms in total. The molecule has 0 amide bonds. The lowest BCUT2D eigenvalue weighted by Crippen LogP contribution is -2.27. The van der Waals surface area contributed by atoms with Gasteiger partial charge in [0.1, 0.15) is 16.4 Å². The number of hydrogen-bond donors (Lipinski definition) is 2. The molecule has 8 heteroatoms. The number of carboxylic acids is 1. The van der Waals surface area contributed by atoms with Gasteiger partial charge in [-0.2, -0.15) is 0 Å². The van der Waals surface area contributed by atoms with E-state index in [2.05, 4.69) is 27.2 Å². The normalized spacial score (nSPS) is 17.0. The third kappa shape index (κ3) is 5.40. The minimum absolute atomic E-state index is 0.165. The predicted molar refractivity (Wildman–Crippen MR) is 116 cm³/mol. The van der Waals surface area contributed by atoms with Crippen molar-refractivity contribution in [2.75, 3.05) is 31.7 Å². The number of aromatic nitrogens is 2. The number of aromatic carboxylic acids is 1. The molecule has 28 heavy (non-hydrogen) atoms. The lowest BCUT2D eigenvalue weighted by Gasteiger charge is -2.20. The number of thioether (sulfide) groups is 2. The summed E-state index contributed by atoms with van der Waals surface area (Å²) < 4.78 is 0. The summed E-state index contributed by atoms with van der Waals surface area (Å²) in [5.41, 5.74) is 1.30. The fourth-order valence-corrected chi connectivity index (χ4v) is 4.76. The zero-order chi connectivity index (χ0) is 19.9. The second kappa shape index (κ2) is 10.1. The van der Waals surface area contributed by atoms with Crippen molar-refractivity contribution in [3.63, 3.8) is 0 Å². The molecule has 2 aromatic rings. The second-order valence-electron chi connectivity index (χ2n) is 6.81. The Hall–Kier alpha value is -1.77. The molecule has 1 unspecified atom stereocenters. The number of likely N-dealkylation sites (tertiary alicyclic amines) is 1. The van der Waals surface area contributed by atoms with Gasteiger partial charge < -0.3 is 15.3 Å². The first kappa shape index (κ1) is 21.0. The van der Waals surface area contributed by atoms with Crippen LogP contribution in [0.5, 0.6) is 0 Å². The van der Waals surface area contributed by atoms with E-state index in [1.54, 1.807) is 0 Å². The third-order valence-electron chi connectivity index (χ3n) is 4.91. The van der Waals surface area contributed by atoms with E-state index >= 15 is 0 Å². The molecule has 0 bridgehead atoms. The molecule has 1 aromatic carbocycles. The van der Waals surface area contributed by atoms with Gasteiger partial charge in [-0.25, -0.2) is 14.8 Å². The maximum absolute atomic E-state index is 12.0. The van der Waals surface area contributed by atoms with Crippen LogP contribution in [0, 0.1) is 0 Å². The van der Waals surface area contributed by atoms with Crippen LogP contribution in [-0.4, -0.2) is 58.4 Å². The van der Waals surface area contributed by atoms with E-state index in [4.69, 9.17) is 0 Å². The first-order chi connectivity index (χ1) is 13.6. The first-order valence-corrected chi connectivity index (χ1v) is 11.6. The molecule has 1 saturated heterocycles. The summed E-state index contributed by atoms with van der Waals surface area (Å²) in [6.45, 7) is 1.83. The number of nitrogens with one attached hydrogen (secondary N) is 1. The summed E-state index contributed by atoms with van der Waals surface area (Å²) in [4.78, 5) is 23.3. The number of hydrogen-bond acceptors (Lipinski definition) is 7. The van der Waals surface area contributed by atoms with Crippen LogP contribution in [0.2, 0.25) is 0 Å². The number of rotatable bonds is 9. The zero-order valence-electron chi connectivity index (χ0n) is 16.2. The van der Waals surface area contributed by atoms with Gasteiger partial charge in [0.25, 0.3) is 0 Å². The minimum Gasteiger partial charge on any atom is -0.477 e. The summed E-state index contributed by atoms with van der Waals surface area (Å²) >= 11 is 2.86. The maximum atomic E-state index is 12.0. The number of carbonyl (C=O) groups is 1. The van der Waals surface area contributed by atoms with Gasteiger partial charge in [-0.1, -0.05) is 42.1 Å². The smallest absolute Gasteiger partial charge is 0.342 e. The van der Waals surface area contributed by atoms with Gasteiger partial charge in [0.2, 0.25) is 0 Å². The highest BCUT2D eigenvalue weighted by Crippen LogP contribution is 2.30. The quantitative estimate of drug-likeness (QED) is 0.358. The molecule has 3 rings (SSSR count). The molecule has 150 valence electrons. The molecule has 0 saturated carbocycles. The zero-order valence-corrected chi connectivity index (χ0v) is 17.9. The lowest BCUT2D eigenvalue weighted by atomic mass is 10.1. The van der Waals surface area contributed by atoms with Gasteiger partial charge in [0, 0.05) is 18.3 Å². The Morgan fingerprint density at radius 1 is 1.32 bits per heavy atom. The maximum Gasteiger partial charge on any atom is 0.342 e. The molecule has 0 radical (unpaired) electrons. The molecule has 1 fully saturated rings. The monoisotopic (exact) mass is 418 g/mol. The molecular weight excluding hydrogens is 392 g/mol. The van der Waals surface area contributed by atoms with E-state index in [0.29, 0.717) is 34.3 Å². The molecule has 0 aliphatic carbocycles. The number of nitrogens with zero attached hydrogens (tertiary/aromatic N) is 3. The van der Waals surface area contributed by atoms with Gasteiger partial charge in [-0.3, -0.25) is 0 Å². The summed E-state index contributed by atoms with van der Waals surface area (Å²) in [5.74, 6) is 0.0879. The highest BCUT2D eigenvalue weighted by molar-refractivity contribution is 7.99. The van der Waals surface area contributed by atoms with Crippen molar-refractivity contribution in [3.8, 4) is 0 Å². The number of benzene rings is 1. The van der Waals surface area contributed by atoms with Crippen LogP contribution in [0.4, 0.5) is 5.82 Å². The van der Waals surface area contributed by atoms with Crippen molar-refractivity contribution in [1.82, 2.24) is 14.9 Å². The van der Waals surface area contributed by atoms with Crippen LogP contribution in [-0.2, 0) is 5.75 Å². The van der Waals surface area contributed by atoms with E-state index < -0.39 is 5.97 Å². The second-order valence-corrected chi connectivity index (χ2v) is 8.55. The van der Waals surface area contributed by atoms with Gasteiger partial charge in [-0.15, -0.1) is 11.8 Å². The first-order valence-electron chi connectivity index (χ1n) is 9.38. The van der Waals surface area contributed by atoms with Crippen LogP contribution >= 0.6 is 23.5 Å². The number of carboxylic acid groups (broad SMARTS) is 1. The number of anilines is 1. The van der Waals surface area contributed by atoms with E-state index in [-0.39, 0.29) is 5.56 Å². The highest BCUT2D eigenvalue weighted by atomic mass is 32.2. The van der Waals surface area contributed by atoms with Gasteiger partial charge in [0.15, 0.2) is 5.16 Å². The van der Waals surface area contributed by atoms with E-state index in [1.165, 1.54) is 36.4 Å². The van der Waals surface area contributed by atoms with Crippen molar-refractivity contribution in [3.05, 3.63) is 41.5 Å². The average Bonchev–Trinajstić information content (AvgIpc) is 3.11. The summed E-state index contributed by atoms with van der Waals surface area (Å²) in [6, 6.07) is 10.5. The van der Waals surface area contributed by atoms with Crippen molar-refractivity contribution < 1.29 is 9.90 Å². The van der Waals surface area contributed by atoms with Gasteiger partial charge in [-0.05, 0) is 44.7 Å².